The molecule has 0 bridgehead atoms. The molecule has 6 rings (SSSR count). The van der Waals surface area contributed by atoms with Crippen LogP contribution in [0.4, 0.5) is 5.69 Å². The summed E-state index contributed by atoms with van der Waals surface area (Å²) in [6.45, 7) is 17.7. The molecule has 0 aromatic heterocycles. The largest absolute Gasteiger partial charge is 0.491 e. The average Bonchev–Trinajstić information content (AvgIpc) is 3.58. The molecular formula is C50H74N6O7. The molecular weight excluding hydrogens is 797 g/mol. The number of likely N-dealkylation sites (N-methyl/N-ethyl adjacent to an activating group) is 1. The van der Waals surface area contributed by atoms with Gasteiger partial charge in [-0.3, -0.25) is 19.3 Å². The Morgan fingerprint density at radius 3 is 2.37 bits per heavy atom. The maximum Gasteiger partial charge on any atom is 0.251 e. The van der Waals surface area contributed by atoms with Crippen LogP contribution in [-0.4, -0.2) is 142 Å². The molecule has 0 spiro atoms. The number of aliphatic hydroxyl groups is 2. The third-order valence-electron chi connectivity index (χ3n) is 14.3. The van der Waals surface area contributed by atoms with E-state index in [-0.39, 0.29) is 41.8 Å². The predicted octanol–water partition coefficient (Wildman–Crippen LogP) is 5.29. The molecule has 13 nitrogen and oxygen atoms in total. The van der Waals surface area contributed by atoms with Gasteiger partial charge in [0.05, 0.1) is 31.8 Å². The number of amides is 2. The number of nitrogens with zero attached hydrogens (tertiary/aromatic N) is 4. The highest BCUT2D eigenvalue weighted by Crippen LogP contribution is 2.48. The lowest BCUT2D eigenvalue weighted by atomic mass is 9.58. The minimum Gasteiger partial charge on any atom is -0.491 e. The van der Waals surface area contributed by atoms with Gasteiger partial charge in [-0.2, -0.15) is 5.06 Å². The van der Waals surface area contributed by atoms with Crippen molar-refractivity contribution in [2.24, 2.45) is 29.1 Å². The zero-order valence-corrected chi connectivity index (χ0v) is 39.3. The van der Waals surface area contributed by atoms with Crippen LogP contribution < -0.4 is 20.3 Å². The summed E-state index contributed by atoms with van der Waals surface area (Å²) in [5.41, 5.74) is 4.93. The summed E-state index contributed by atoms with van der Waals surface area (Å²) in [6, 6.07) is 20.8. The Hall–Kier alpha value is -4.08. The Bertz CT molecular complexity index is 1970. The van der Waals surface area contributed by atoms with E-state index in [4.69, 9.17) is 14.3 Å². The molecule has 9 atom stereocenters. The lowest BCUT2D eigenvalue weighted by Crippen LogP contribution is -2.56. The number of ether oxygens (including phenoxy) is 2. The second-order valence-corrected chi connectivity index (χ2v) is 19.4. The Morgan fingerprint density at radius 2 is 1.70 bits per heavy atom. The molecule has 2 amide bonds. The number of nitrogens with one attached hydrogen (secondary N) is 2. The van der Waals surface area contributed by atoms with Crippen molar-refractivity contribution >= 4 is 17.5 Å². The van der Waals surface area contributed by atoms with Crippen LogP contribution in [-0.2, 0) is 27.3 Å². The summed E-state index contributed by atoms with van der Waals surface area (Å²) >= 11 is 0. The van der Waals surface area contributed by atoms with Crippen molar-refractivity contribution in [2.75, 3.05) is 79.1 Å². The topological polar surface area (TPSA) is 139 Å². The van der Waals surface area contributed by atoms with Gasteiger partial charge in [-0.25, -0.2) is 0 Å². The van der Waals surface area contributed by atoms with Crippen LogP contribution in [0.2, 0.25) is 0 Å². The Labute approximate surface area is 376 Å². The van der Waals surface area contributed by atoms with E-state index < -0.39 is 24.4 Å². The van der Waals surface area contributed by atoms with E-state index in [0.717, 1.165) is 47.5 Å². The first-order chi connectivity index (χ1) is 29.9. The molecule has 3 fully saturated rings. The first kappa shape index (κ1) is 48.4. The Balaban J connectivity index is 1.34. The number of carbonyl (C=O) groups is 2. The molecule has 2 saturated heterocycles. The second kappa shape index (κ2) is 21.3. The highest BCUT2D eigenvalue weighted by atomic mass is 16.8. The van der Waals surface area contributed by atoms with Crippen LogP contribution in [0.1, 0.15) is 69.4 Å². The fourth-order valence-corrected chi connectivity index (χ4v) is 9.70. The summed E-state index contributed by atoms with van der Waals surface area (Å²) in [7, 11) is 7.93. The molecule has 0 unspecified atom stereocenters. The van der Waals surface area contributed by atoms with E-state index in [1.807, 2.05) is 81.6 Å². The first-order valence-corrected chi connectivity index (χ1v) is 22.9. The predicted molar refractivity (Wildman–Crippen MR) is 248 cm³/mol. The number of hydrogen-bond acceptors (Lipinski definition) is 11. The molecule has 63 heavy (non-hydrogen) atoms. The molecule has 2 aliphatic heterocycles. The minimum atomic E-state index is -1.40. The average molecular weight is 871 g/mol. The van der Waals surface area contributed by atoms with Crippen LogP contribution in [0.15, 0.2) is 66.7 Å². The molecule has 346 valence electrons. The van der Waals surface area contributed by atoms with E-state index >= 15 is 0 Å². The Morgan fingerprint density at radius 1 is 0.984 bits per heavy atom. The van der Waals surface area contributed by atoms with Gasteiger partial charge in [0.15, 0.2) is 6.29 Å². The highest BCUT2D eigenvalue weighted by molar-refractivity contribution is 5.97. The molecule has 2 heterocycles. The quantitative estimate of drug-likeness (QED) is 0.141. The fourth-order valence-electron chi connectivity index (χ4n) is 9.70. The van der Waals surface area contributed by atoms with Crippen molar-refractivity contribution in [1.82, 2.24) is 25.5 Å². The van der Waals surface area contributed by atoms with Crippen molar-refractivity contribution in [1.29, 1.82) is 0 Å². The number of aliphatic hydroxyl groups excluding tert-OH is 2. The van der Waals surface area contributed by atoms with Gasteiger partial charge in [-0.15, -0.1) is 0 Å². The van der Waals surface area contributed by atoms with Gasteiger partial charge in [0.2, 0.25) is 5.91 Å². The lowest BCUT2D eigenvalue weighted by molar-refractivity contribution is -0.231. The SMILES string of the molecule is C[C@@H]1[C@@H](NC(=O)[C@@H]2[C@H]([C@H](C)O)[C@H](O)ON2Cc2cccc(-c3cc(C(=O)N[C@@H](Cc4ccccc4)CN(C)C)cc(N(C)C)c3)c2OCCN2CCOCC2)C[C@@H](C)C(C)(C)[C@H]1C. The summed E-state index contributed by atoms with van der Waals surface area (Å²) in [5, 5.41) is 30.5. The van der Waals surface area contributed by atoms with E-state index in [1.54, 1.807) is 6.92 Å². The van der Waals surface area contributed by atoms with Gasteiger partial charge >= 0.3 is 0 Å². The third-order valence-corrected chi connectivity index (χ3v) is 14.3. The molecule has 3 aliphatic rings. The molecule has 3 aromatic carbocycles. The van der Waals surface area contributed by atoms with Crippen molar-refractivity contribution in [2.45, 2.75) is 91.4 Å². The minimum absolute atomic E-state index is 0.0703. The maximum absolute atomic E-state index is 14.5. The van der Waals surface area contributed by atoms with E-state index in [2.05, 4.69) is 73.3 Å². The van der Waals surface area contributed by atoms with Crippen molar-refractivity contribution in [3.8, 4) is 16.9 Å². The monoisotopic (exact) mass is 871 g/mol. The van der Waals surface area contributed by atoms with Gasteiger partial charge in [-0.1, -0.05) is 83.1 Å². The molecule has 1 saturated carbocycles. The standard InChI is InChI=1S/C50H74N6O7/c1-32-25-43(33(2)34(3)50(32,5)6)52-48(59)45-44(35(4)57)49(60)63-56(45)30-37-17-14-18-42(46(37)62-24-21-55-19-22-61-23-20-55)38-27-39(29-41(28-38)54(9)10)47(58)51-40(31-53(7)8)26-36-15-12-11-13-16-36/h11-18,27-29,32-35,40,43-45,49,57,60H,19-26,30-31H2,1-10H3,(H,51,58)(H,52,59)/t32-,33+,34+,35+,40+,43+,44+,45+,49-/m1/s1. The van der Waals surface area contributed by atoms with Crippen LogP contribution in [0.25, 0.3) is 11.1 Å². The van der Waals surface area contributed by atoms with Gasteiger partial charge in [0, 0.05) is 74.7 Å². The Kier molecular flexibility index (Phi) is 16.3. The molecule has 4 N–H and O–H groups in total. The molecule has 0 radical (unpaired) electrons. The number of morpholine rings is 1. The van der Waals surface area contributed by atoms with Gasteiger partial charge in [-0.05, 0) is 86.4 Å². The van der Waals surface area contributed by atoms with Gasteiger partial charge in [0.1, 0.15) is 18.4 Å². The zero-order chi connectivity index (χ0) is 45.6. The van der Waals surface area contributed by atoms with Gasteiger partial charge < -0.3 is 40.1 Å². The number of para-hydroxylation sites is 1. The number of hydrogen-bond donors (Lipinski definition) is 4. The van der Waals surface area contributed by atoms with E-state index in [9.17, 15) is 19.8 Å². The second-order valence-electron chi connectivity index (χ2n) is 19.4. The van der Waals surface area contributed by atoms with E-state index in [0.29, 0.717) is 62.5 Å². The highest BCUT2D eigenvalue weighted by Gasteiger charge is 2.51. The molecule has 3 aromatic rings. The smallest absolute Gasteiger partial charge is 0.251 e. The van der Waals surface area contributed by atoms with Crippen LogP contribution in [0, 0.1) is 29.1 Å². The number of rotatable bonds is 17. The van der Waals surface area contributed by atoms with Crippen molar-refractivity contribution in [3.05, 3.63) is 83.4 Å². The third kappa shape index (κ3) is 11.8. The van der Waals surface area contributed by atoms with Crippen molar-refractivity contribution < 1.29 is 34.1 Å². The van der Waals surface area contributed by atoms with Crippen LogP contribution in [0.3, 0.4) is 0 Å². The van der Waals surface area contributed by atoms with E-state index in [1.165, 1.54) is 5.06 Å². The molecule has 13 heteroatoms. The maximum atomic E-state index is 14.5. The first-order valence-electron chi connectivity index (χ1n) is 22.9. The fraction of sp³-hybridized carbons (Fsp3) is 0.600. The zero-order valence-electron chi connectivity index (χ0n) is 39.3. The van der Waals surface area contributed by atoms with Crippen LogP contribution in [0.5, 0.6) is 5.75 Å². The summed E-state index contributed by atoms with van der Waals surface area (Å²) in [5.74, 6) is 0.216. The summed E-state index contributed by atoms with van der Waals surface area (Å²) in [4.78, 5) is 41.2. The lowest BCUT2D eigenvalue weighted by Gasteiger charge is -2.50. The normalized spacial score (nSPS) is 26.3. The summed E-state index contributed by atoms with van der Waals surface area (Å²) < 4.78 is 12.4. The number of anilines is 1. The summed E-state index contributed by atoms with van der Waals surface area (Å²) in [6.07, 6.45) is -0.906. The number of benzene rings is 3. The van der Waals surface area contributed by atoms with Crippen molar-refractivity contribution in [3.63, 3.8) is 0 Å². The number of hydroxylamine groups is 2. The number of carbonyl (C=O) groups excluding carboxylic acids is 2. The van der Waals surface area contributed by atoms with Crippen LogP contribution >= 0.6 is 0 Å². The van der Waals surface area contributed by atoms with Gasteiger partial charge in [0.25, 0.3) is 5.91 Å². The molecule has 1 aliphatic carbocycles.